The van der Waals surface area contributed by atoms with Gasteiger partial charge in [-0.05, 0) is 82.6 Å². The normalized spacial score (nSPS) is 21.7. The van der Waals surface area contributed by atoms with Crippen LogP contribution in [-0.4, -0.2) is 46.1 Å². The lowest BCUT2D eigenvalue weighted by molar-refractivity contribution is -0.286. The second kappa shape index (κ2) is 11.6. The highest BCUT2D eigenvalue weighted by Gasteiger charge is 2.47. The first kappa shape index (κ1) is 31.5. The van der Waals surface area contributed by atoms with E-state index in [2.05, 4.69) is 14.7 Å². The number of nitriles is 1. The molecule has 14 heteroatoms. The molecular weight excluding hydrogens is 627 g/mol. The maximum atomic E-state index is 15.6. The number of aliphatic imine (C=N–C) groups is 1. The van der Waals surface area contributed by atoms with Gasteiger partial charge in [-0.15, -0.1) is 8.78 Å². The number of nitrogens with zero attached hydrogens (tertiary/aromatic N) is 5. The Labute approximate surface area is 274 Å². The number of carbonyl (C=O) groups is 2. The van der Waals surface area contributed by atoms with Crippen LogP contribution in [0.3, 0.4) is 0 Å². The summed E-state index contributed by atoms with van der Waals surface area (Å²) in [5.74, 6) is -1.91. The number of aromatic nitrogens is 2. The minimum absolute atomic E-state index is 0.0406. The van der Waals surface area contributed by atoms with Crippen molar-refractivity contribution in [3.8, 4) is 28.8 Å². The summed E-state index contributed by atoms with van der Waals surface area (Å²) in [7, 11) is 0. The number of piperidine rings is 1. The number of carbonyl (C=O) groups excluding carboxylic acids is 2. The summed E-state index contributed by atoms with van der Waals surface area (Å²) in [4.78, 5) is 35.9. The molecule has 2 aromatic carbocycles. The number of hydrogen-bond acceptors (Lipinski definition) is 7. The molecule has 2 unspecified atom stereocenters. The lowest BCUT2D eigenvalue weighted by Gasteiger charge is -2.39. The number of ether oxygens (including phenoxy) is 2. The van der Waals surface area contributed by atoms with Crippen molar-refractivity contribution < 1.29 is 32.2 Å². The molecule has 3 fully saturated rings. The maximum absolute atomic E-state index is 15.6. The minimum Gasteiger partial charge on any atom is -0.395 e. The molecule has 0 bridgehead atoms. The van der Waals surface area contributed by atoms with E-state index in [1.54, 1.807) is 13.0 Å². The molecule has 1 saturated heterocycles. The van der Waals surface area contributed by atoms with Gasteiger partial charge >= 0.3 is 6.29 Å². The molecule has 2 aliphatic heterocycles. The number of anilines is 1. The first-order chi connectivity index (χ1) is 22.8. The molecule has 0 spiro atoms. The Balaban J connectivity index is 1.14. The van der Waals surface area contributed by atoms with E-state index in [4.69, 9.17) is 16.2 Å². The van der Waals surface area contributed by atoms with E-state index in [1.807, 2.05) is 22.5 Å². The molecular formula is C34H34F3N7O4. The lowest BCUT2D eigenvalue weighted by atomic mass is 9.89. The second-order valence-electron chi connectivity index (χ2n) is 13.1. The number of rotatable bonds is 8. The Morgan fingerprint density at radius 1 is 1.15 bits per heavy atom. The largest absolute Gasteiger partial charge is 0.586 e. The summed E-state index contributed by atoms with van der Waals surface area (Å²) in [6.45, 7) is 4.03. The van der Waals surface area contributed by atoms with E-state index < -0.39 is 29.8 Å². The van der Waals surface area contributed by atoms with Gasteiger partial charge in [-0.25, -0.2) is 9.37 Å². The third kappa shape index (κ3) is 5.71. The highest BCUT2D eigenvalue weighted by Crippen LogP contribution is 2.53. The van der Waals surface area contributed by atoms with Crippen LogP contribution in [0.25, 0.3) is 11.3 Å². The molecule has 250 valence electrons. The highest BCUT2D eigenvalue weighted by molar-refractivity contribution is 6.06. The molecule has 4 N–H and O–H groups in total. The molecule has 3 heterocycles. The third-order valence-electron chi connectivity index (χ3n) is 9.49. The van der Waals surface area contributed by atoms with Gasteiger partial charge in [0.2, 0.25) is 5.91 Å². The molecule has 7 rings (SSSR count). The fourth-order valence-electron chi connectivity index (χ4n) is 7.08. The summed E-state index contributed by atoms with van der Waals surface area (Å²) < 4.78 is 54.6. The fraction of sp³-hybridized carbons (Fsp3) is 0.441. The summed E-state index contributed by atoms with van der Waals surface area (Å²) >= 11 is 0. The zero-order chi connectivity index (χ0) is 34.1. The van der Waals surface area contributed by atoms with Gasteiger partial charge in [0.25, 0.3) is 5.91 Å². The Morgan fingerprint density at radius 3 is 2.54 bits per heavy atom. The Bertz CT molecular complexity index is 1930. The van der Waals surface area contributed by atoms with E-state index in [9.17, 15) is 23.6 Å². The number of amidine groups is 1. The van der Waals surface area contributed by atoms with Crippen LogP contribution in [0.5, 0.6) is 11.5 Å². The standard InChI is InChI=1S/C34H34F3N7O4/c1-16-11-19(33(46)42-32(40)22-7-8-26-31(29(22)18-3-4-18)48-34(36,37)47-26)9-10-43(16)25-13-20(12-24(35)23(25)15-38)30-17(2)41-28(14-27(39)45)44(30)21-5-6-21/h7-8,12-13,16,18-19,21H,3-6,9-11,14H2,1-2H3,(H2,39,45)(H2,40,42,46). The van der Waals surface area contributed by atoms with Crippen molar-refractivity contribution in [2.75, 3.05) is 11.4 Å². The summed E-state index contributed by atoms with van der Waals surface area (Å²) in [6, 6.07) is 7.81. The van der Waals surface area contributed by atoms with Gasteiger partial charge < -0.3 is 30.4 Å². The number of fused-ring (bicyclic) bond motifs is 1. The number of primary amides is 1. The van der Waals surface area contributed by atoms with Crippen molar-refractivity contribution in [3.63, 3.8) is 0 Å². The number of imidazole rings is 1. The molecule has 2 aliphatic carbocycles. The SMILES string of the molecule is Cc1nc(CC(N)=O)n(C2CC2)c1-c1cc(F)c(C#N)c(N2CCC(C(=O)N=C(N)c3ccc4c(c3C3CC3)OC(F)(F)O4)CC2C)c1. The molecule has 4 aliphatic rings. The first-order valence-electron chi connectivity index (χ1n) is 16.0. The average Bonchev–Trinajstić information content (AvgIpc) is 3.95. The van der Waals surface area contributed by atoms with Crippen molar-refractivity contribution in [2.24, 2.45) is 22.4 Å². The fourth-order valence-corrected chi connectivity index (χ4v) is 7.08. The van der Waals surface area contributed by atoms with Gasteiger partial charge in [0.1, 0.15) is 29.1 Å². The maximum Gasteiger partial charge on any atom is 0.586 e. The first-order valence-corrected chi connectivity index (χ1v) is 16.0. The predicted octanol–water partition coefficient (Wildman–Crippen LogP) is 4.97. The molecule has 11 nitrogen and oxygen atoms in total. The quantitative estimate of drug-likeness (QED) is 0.253. The van der Waals surface area contributed by atoms with E-state index in [1.165, 1.54) is 18.2 Å². The number of nitrogens with two attached hydrogens (primary N) is 2. The summed E-state index contributed by atoms with van der Waals surface area (Å²) in [6.07, 6.45) is 0.226. The Kier molecular flexibility index (Phi) is 7.60. The second-order valence-corrected chi connectivity index (χ2v) is 13.1. The van der Waals surface area contributed by atoms with Crippen LogP contribution in [0, 0.1) is 30.0 Å². The molecule has 2 amide bonds. The smallest absolute Gasteiger partial charge is 0.395 e. The number of aryl methyl sites for hydroxylation is 1. The van der Waals surface area contributed by atoms with E-state index in [0.29, 0.717) is 59.0 Å². The van der Waals surface area contributed by atoms with Crippen LogP contribution in [0.4, 0.5) is 18.9 Å². The molecule has 3 aromatic rings. The van der Waals surface area contributed by atoms with Gasteiger partial charge in [0, 0.05) is 41.2 Å². The molecule has 0 radical (unpaired) electrons. The van der Waals surface area contributed by atoms with Gasteiger partial charge in [0.05, 0.1) is 23.5 Å². The van der Waals surface area contributed by atoms with Crippen molar-refractivity contribution in [3.05, 3.63) is 58.3 Å². The van der Waals surface area contributed by atoms with Gasteiger partial charge in [0.15, 0.2) is 11.5 Å². The number of halogens is 3. The average molecular weight is 662 g/mol. The molecule has 2 atom stereocenters. The predicted molar refractivity (Wildman–Crippen MR) is 168 cm³/mol. The van der Waals surface area contributed by atoms with Crippen LogP contribution < -0.4 is 25.8 Å². The van der Waals surface area contributed by atoms with Crippen LogP contribution in [-0.2, 0) is 16.0 Å². The number of amides is 2. The van der Waals surface area contributed by atoms with Gasteiger partial charge in [-0.1, -0.05) is 0 Å². The minimum atomic E-state index is -3.78. The molecule has 48 heavy (non-hydrogen) atoms. The summed E-state index contributed by atoms with van der Waals surface area (Å²) in [5.41, 5.74) is 14.8. The van der Waals surface area contributed by atoms with Gasteiger partial charge in [-0.3, -0.25) is 9.59 Å². The van der Waals surface area contributed by atoms with Crippen molar-refractivity contribution in [2.45, 2.75) is 83.1 Å². The van der Waals surface area contributed by atoms with Crippen LogP contribution in [0.15, 0.2) is 29.3 Å². The number of alkyl halides is 2. The van der Waals surface area contributed by atoms with Crippen LogP contribution in [0.1, 0.15) is 85.6 Å². The monoisotopic (exact) mass is 661 g/mol. The van der Waals surface area contributed by atoms with E-state index in [0.717, 1.165) is 25.7 Å². The topological polar surface area (TPSA) is 162 Å². The van der Waals surface area contributed by atoms with Crippen LogP contribution in [0.2, 0.25) is 0 Å². The summed E-state index contributed by atoms with van der Waals surface area (Å²) in [5, 5.41) is 9.96. The van der Waals surface area contributed by atoms with Crippen molar-refractivity contribution >= 4 is 23.3 Å². The number of hydrogen-bond donors (Lipinski definition) is 2. The number of benzene rings is 2. The highest BCUT2D eigenvalue weighted by atomic mass is 19.3. The Hall–Kier alpha value is -5.06. The van der Waals surface area contributed by atoms with Crippen LogP contribution >= 0.6 is 0 Å². The third-order valence-corrected chi connectivity index (χ3v) is 9.49. The lowest BCUT2D eigenvalue weighted by Crippen LogP contribution is -2.43. The van der Waals surface area contributed by atoms with Gasteiger partial charge in [-0.2, -0.15) is 10.3 Å². The van der Waals surface area contributed by atoms with E-state index >= 15 is 4.39 Å². The zero-order valence-corrected chi connectivity index (χ0v) is 26.4. The molecule has 2 saturated carbocycles. The Morgan fingerprint density at radius 2 is 1.90 bits per heavy atom. The zero-order valence-electron chi connectivity index (χ0n) is 26.4. The van der Waals surface area contributed by atoms with Crippen molar-refractivity contribution in [1.82, 2.24) is 9.55 Å². The van der Waals surface area contributed by atoms with Crippen molar-refractivity contribution in [1.29, 1.82) is 5.26 Å². The van der Waals surface area contributed by atoms with E-state index in [-0.39, 0.29) is 47.3 Å². The molecule has 1 aromatic heterocycles.